The Kier molecular flexibility index (Phi) is 8.65. The first-order valence-corrected chi connectivity index (χ1v) is 10.3. The third-order valence-corrected chi connectivity index (χ3v) is 5.59. The third kappa shape index (κ3) is 6.89. The molecule has 8 heteroatoms. The molecule has 29 heavy (non-hydrogen) atoms. The van der Waals surface area contributed by atoms with Crippen LogP contribution in [0.4, 0.5) is 5.69 Å². The van der Waals surface area contributed by atoms with Crippen molar-refractivity contribution in [2.75, 3.05) is 25.9 Å². The summed E-state index contributed by atoms with van der Waals surface area (Å²) in [6, 6.07) is 16.0. The van der Waals surface area contributed by atoms with Crippen LogP contribution in [0.5, 0.6) is 0 Å². The van der Waals surface area contributed by atoms with Gasteiger partial charge in [0.05, 0.1) is 23.1 Å². The lowest BCUT2D eigenvalue weighted by Gasteiger charge is -2.24. The van der Waals surface area contributed by atoms with Crippen LogP contribution in [0.25, 0.3) is 0 Å². The van der Waals surface area contributed by atoms with Gasteiger partial charge in [-0.1, -0.05) is 30.3 Å². The van der Waals surface area contributed by atoms with E-state index in [2.05, 4.69) is 11.4 Å². The molecule has 0 fully saturated rings. The van der Waals surface area contributed by atoms with Crippen LogP contribution in [-0.2, 0) is 10.5 Å². The van der Waals surface area contributed by atoms with E-state index in [1.165, 1.54) is 12.1 Å². The number of carbonyl (C=O) groups excluding carboxylic acids is 1. The first-order valence-electron chi connectivity index (χ1n) is 9.19. The molecular formula is C21H24N4O3S. The minimum absolute atomic E-state index is 0.0437. The Hall–Kier alpha value is -2.89. The summed E-state index contributed by atoms with van der Waals surface area (Å²) < 4.78 is 0. The van der Waals surface area contributed by atoms with Crippen molar-refractivity contribution < 1.29 is 9.72 Å². The molecule has 0 bridgehead atoms. The van der Waals surface area contributed by atoms with Gasteiger partial charge in [0, 0.05) is 36.2 Å². The van der Waals surface area contributed by atoms with Gasteiger partial charge in [0.15, 0.2) is 0 Å². The maximum atomic E-state index is 12.2. The highest BCUT2D eigenvalue weighted by Crippen LogP contribution is 2.22. The number of hydrogen-bond donors (Lipinski definition) is 1. The number of nitrogens with zero attached hydrogens (tertiary/aromatic N) is 3. The molecule has 1 atom stereocenters. The lowest BCUT2D eigenvalue weighted by molar-refractivity contribution is -0.384. The number of nitro benzene ring substituents is 1. The largest absolute Gasteiger partial charge is 0.354 e. The molecule has 0 aliphatic heterocycles. The van der Waals surface area contributed by atoms with Crippen molar-refractivity contribution in [3.8, 4) is 6.07 Å². The Morgan fingerprint density at radius 2 is 2.07 bits per heavy atom. The molecule has 0 saturated carbocycles. The van der Waals surface area contributed by atoms with Gasteiger partial charge in [0.25, 0.3) is 5.69 Å². The smallest absolute Gasteiger partial charge is 0.269 e. The predicted octanol–water partition coefficient (Wildman–Crippen LogP) is 3.51. The lowest BCUT2D eigenvalue weighted by Crippen LogP contribution is -2.37. The van der Waals surface area contributed by atoms with Gasteiger partial charge in [-0.3, -0.25) is 19.8 Å². The Balaban J connectivity index is 1.74. The summed E-state index contributed by atoms with van der Waals surface area (Å²) in [5.41, 5.74) is 2.51. The average Bonchev–Trinajstić information content (AvgIpc) is 2.73. The maximum absolute atomic E-state index is 12.2. The topological polar surface area (TPSA) is 99.3 Å². The number of hydrogen-bond acceptors (Lipinski definition) is 6. The highest BCUT2D eigenvalue weighted by atomic mass is 32.2. The summed E-state index contributed by atoms with van der Waals surface area (Å²) >= 11 is 1.66. The van der Waals surface area contributed by atoms with Crippen LogP contribution < -0.4 is 5.32 Å². The Morgan fingerprint density at radius 1 is 1.31 bits per heavy atom. The molecule has 0 aliphatic carbocycles. The number of nitriles is 1. The van der Waals surface area contributed by atoms with E-state index in [4.69, 9.17) is 5.26 Å². The molecule has 152 valence electrons. The van der Waals surface area contributed by atoms with Crippen molar-refractivity contribution in [3.05, 3.63) is 75.3 Å². The van der Waals surface area contributed by atoms with Gasteiger partial charge in [-0.05, 0) is 31.2 Å². The van der Waals surface area contributed by atoms with Gasteiger partial charge in [-0.2, -0.15) is 17.0 Å². The van der Waals surface area contributed by atoms with E-state index in [0.717, 1.165) is 22.6 Å². The molecule has 0 unspecified atom stereocenters. The lowest BCUT2D eigenvalue weighted by atomic mass is 10.1. The number of amides is 1. The van der Waals surface area contributed by atoms with Gasteiger partial charge in [-0.15, -0.1) is 0 Å². The van der Waals surface area contributed by atoms with E-state index in [1.54, 1.807) is 23.9 Å². The van der Waals surface area contributed by atoms with Crippen LogP contribution in [0.2, 0.25) is 0 Å². The second-order valence-corrected chi connectivity index (χ2v) is 7.72. The van der Waals surface area contributed by atoms with Crippen molar-refractivity contribution in [1.82, 2.24) is 10.2 Å². The van der Waals surface area contributed by atoms with Crippen LogP contribution in [0.3, 0.4) is 0 Å². The average molecular weight is 413 g/mol. The van der Waals surface area contributed by atoms with Gasteiger partial charge < -0.3 is 5.32 Å². The highest BCUT2D eigenvalue weighted by Gasteiger charge is 2.17. The number of rotatable bonds is 10. The van der Waals surface area contributed by atoms with Gasteiger partial charge in [0.1, 0.15) is 0 Å². The van der Waals surface area contributed by atoms with Gasteiger partial charge in [0.2, 0.25) is 5.91 Å². The normalized spacial score (nSPS) is 11.7. The van der Waals surface area contributed by atoms with Crippen LogP contribution in [0.1, 0.15) is 29.7 Å². The number of carbonyl (C=O) groups is 1. The molecular weight excluding hydrogens is 388 g/mol. The zero-order valence-corrected chi connectivity index (χ0v) is 17.3. The SMILES string of the molecule is C[C@@H](c1cccc([N+](=O)[O-])c1)N(C)CC(=O)NCCSCc1ccccc1C#N. The van der Waals surface area contributed by atoms with Crippen LogP contribution >= 0.6 is 11.8 Å². The van der Waals surface area contributed by atoms with E-state index in [9.17, 15) is 14.9 Å². The number of likely N-dealkylation sites (N-methyl/N-ethyl adjacent to an activating group) is 1. The zero-order chi connectivity index (χ0) is 21.2. The Morgan fingerprint density at radius 3 is 2.79 bits per heavy atom. The Bertz CT molecular complexity index is 897. The minimum atomic E-state index is -0.421. The predicted molar refractivity (Wildman–Crippen MR) is 114 cm³/mol. The number of benzene rings is 2. The molecule has 0 aliphatic rings. The first kappa shape index (κ1) is 22.4. The monoisotopic (exact) mass is 412 g/mol. The van der Waals surface area contributed by atoms with E-state index >= 15 is 0 Å². The molecule has 2 aromatic rings. The molecule has 0 spiro atoms. The third-order valence-electron chi connectivity index (χ3n) is 4.58. The van der Waals surface area contributed by atoms with Crippen LogP contribution in [0, 0.1) is 21.4 Å². The van der Waals surface area contributed by atoms with E-state index < -0.39 is 4.92 Å². The summed E-state index contributed by atoms with van der Waals surface area (Å²) in [7, 11) is 1.82. The zero-order valence-electron chi connectivity index (χ0n) is 16.5. The fourth-order valence-electron chi connectivity index (χ4n) is 2.77. The molecule has 2 rings (SSSR count). The van der Waals surface area contributed by atoms with Gasteiger partial charge >= 0.3 is 0 Å². The number of non-ortho nitro benzene ring substituents is 1. The van der Waals surface area contributed by atoms with E-state index in [0.29, 0.717) is 12.1 Å². The summed E-state index contributed by atoms with van der Waals surface area (Å²) in [5, 5.41) is 22.9. The number of nitro groups is 1. The maximum Gasteiger partial charge on any atom is 0.269 e. The second-order valence-electron chi connectivity index (χ2n) is 6.61. The standard InChI is InChI=1S/C21H24N4O3S/c1-16(17-8-5-9-20(12-17)25(27)28)24(2)14-21(26)23-10-11-29-15-19-7-4-3-6-18(19)13-22/h3-9,12,16H,10-11,14-15H2,1-2H3,(H,23,26)/t16-/m0/s1. The molecule has 2 aromatic carbocycles. The van der Waals surface area contributed by atoms with E-state index in [1.807, 2.05) is 43.1 Å². The van der Waals surface area contributed by atoms with Gasteiger partial charge in [-0.25, -0.2) is 0 Å². The summed E-state index contributed by atoms with van der Waals surface area (Å²) in [6.07, 6.45) is 0. The van der Waals surface area contributed by atoms with E-state index in [-0.39, 0.29) is 24.2 Å². The number of thioether (sulfide) groups is 1. The molecule has 0 saturated heterocycles. The van der Waals surface area contributed by atoms with Crippen LogP contribution in [-0.4, -0.2) is 41.6 Å². The first-order chi connectivity index (χ1) is 13.9. The summed E-state index contributed by atoms with van der Waals surface area (Å²) in [5.74, 6) is 1.38. The van der Waals surface area contributed by atoms with Crippen molar-refractivity contribution in [1.29, 1.82) is 5.26 Å². The Labute approximate surface area is 174 Å². The fourth-order valence-corrected chi connectivity index (χ4v) is 3.63. The molecule has 0 radical (unpaired) electrons. The molecule has 7 nitrogen and oxygen atoms in total. The summed E-state index contributed by atoms with van der Waals surface area (Å²) in [6.45, 7) is 2.65. The second kappa shape index (κ2) is 11.2. The minimum Gasteiger partial charge on any atom is -0.354 e. The highest BCUT2D eigenvalue weighted by molar-refractivity contribution is 7.98. The van der Waals surface area contributed by atoms with Crippen molar-refractivity contribution in [2.24, 2.45) is 0 Å². The summed E-state index contributed by atoms with van der Waals surface area (Å²) in [4.78, 5) is 24.5. The fraction of sp³-hybridized carbons (Fsp3) is 0.333. The molecule has 0 aromatic heterocycles. The van der Waals surface area contributed by atoms with Crippen molar-refractivity contribution >= 4 is 23.4 Å². The molecule has 1 N–H and O–H groups in total. The van der Waals surface area contributed by atoms with Crippen molar-refractivity contribution in [2.45, 2.75) is 18.7 Å². The number of nitrogens with one attached hydrogen (secondary N) is 1. The van der Waals surface area contributed by atoms with Crippen molar-refractivity contribution in [3.63, 3.8) is 0 Å². The molecule has 1 amide bonds. The quantitative estimate of drug-likeness (QED) is 0.364. The molecule has 0 heterocycles. The van der Waals surface area contributed by atoms with Crippen LogP contribution in [0.15, 0.2) is 48.5 Å².